The lowest BCUT2D eigenvalue weighted by Gasteiger charge is -2.48. The van der Waals surface area contributed by atoms with E-state index in [-0.39, 0.29) is 17.3 Å². The first-order valence-corrected chi connectivity index (χ1v) is 9.89. The van der Waals surface area contributed by atoms with Gasteiger partial charge in [-0.05, 0) is 30.2 Å². The second kappa shape index (κ2) is 7.60. The predicted molar refractivity (Wildman–Crippen MR) is 103 cm³/mol. The average Bonchev–Trinajstić information content (AvgIpc) is 3.01. The zero-order valence-electron chi connectivity index (χ0n) is 15.2. The minimum atomic E-state index is -0.712. The summed E-state index contributed by atoms with van der Waals surface area (Å²) < 4.78 is 27.4. The summed E-state index contributed by atoms with van der Waals surface area (Å²) in [7, 11) is 0. The molecule has 4 rings (SSSR count). The van der Waals surface area contributed by atoms with Crippen molar-refractivity contribution in [2.75, 3.05) is 19.8 Å². The largest absolute Gasteiger partial charge is 0.374 e. The molecule has 6 heteroatoms. The topological polar surface area (TPSA) is 39.7 Å². The zero-order chi connectivity index (χ0) is 18.9. The molecule has 2 heterocycles. The SMILES string of the molecule is C[C@]12CON[C@@]1(c1cc(Br)ccc1F)CO[C@@H](COCc1ccccc1)C2. The first kappa shape index (κ1) is 19.0. The molecule has 2 aliphatic rings. The van der Waals surface area contributed by atoms with E-state index < -0.39 is 5.54 Å². The number of halogens is 2. The first-order valence-electron chi connectivity index (χ1n) is 9.10. The fourth-order valence-electron chi connectivity index (χ4n) is 4.08. The minimum absolute atomic E-state index is 0.0504. The molecule has 3 atom stereocenters. The standard InChI is InChI=1S/C21H23BrFNO3/c1-20-10-17(12-25-11-15-5-3-2-4-6-15)26-14-21(20,24-27-13-20)18-9-16(22)7-8-19(18)23/h2-9,17,24H,10-14H2,1H3/t17-,20+,21-/m1/s1. The highest BCUT2D eigenvalue weighted by molar-refractivity contribution is 9.10. The van der Waals surface area contributed by atoms with E-state index in [0.717, 1.165) is 16.5 Å². The predicted octanol–water partition coefficient (Wildman–Crippen LogP) is 4.33. The Hall–Kier alpha value is -1.31. The summed E-state index contributed by atoms with van der Waals surface area (Å²) in [4.78, 5) is 5.62. The van der Waals surface area contributed by atoms with E-state index >= 15 is 0 Å². The molecule has 0 unspecified atom stereocenters. The van der Waals surface area contributed by atoms with Crippen LogP contribution in [-0.2, 0) is 26.5 Å². The van der Waals surface area contributed by atoms with E-state index in [1.54, 1.807) is 6.07 Å². The van der Waals surface area contributed by atoms with Gasteiger partial charge >= 0.3 is 0 Å². The number of rotatable bonds is 5. The van der Waals surface area contributed by atoms with Crippen molar-refractivity contribution in [3.05, 3.63) is 69.9 Å². The van der Waals surface area contributed by atoms with Crippen LogP contribution in [0.5, 0.6) is 0 Å². The van der Waals surface area contributed by atoms with E-state index in [0.29, 0.717) is 32.0 Å². The highest BCUT2D eigenvalue weighted by atomic mass is 79.9. The van der Waals surface area contributed by atoms with Crippen molar-refractivity contribution in [1.29, 1.82) is 0 Å². The monoisotopic (exact) mass is 435 g/mol. The Bertz CT molecular complexity index is 805. The maximum absolute atomic E-state index is 14.6. The van der Waals surface area contributed by atoms with Crippen molar-refractivity contribution in [3.63, 3.8) is 0 Å². The van der Waals surface area contributed by atoms with Gasteiger partial charge in [-0.1, -0.05) is 53.2 Å². The van der Waals surface area contributed by atoms with Gasteiger partial charge < -0.3 is 14.3 Å². The van der Waals surface area contributed by atoms with Gasteiger partial charge in [0.05, 0.1) is 32.5 Å². The van der Waals surface area contributed by atoms with Crippen molar-refractivity contribution in [2.24, 2.45) is 5.41 Å². The molecular weight excluding hydrogens is 413 g/mol. The highest BCUT2D eigenvalue weighted by Gasteiger charge is 2.59. The van der Waals surface area contributed by atoms with Crippen LogP contribution in [0.2, 0.25) is 0 Å². The van der Waals surface area contributed by atoms with Crippen LogP contribution in [0.25, 0.3) is 0 Å². The molecule has 0 saturated carbocycles. The maximum Gasteiger partial charge on any atom is 0.128 e. The smallest absolute Gasteiger partial charge is 0.128 e. The molecule has 4 nitrogen and oxygen atoms in total. The molecule has 0 amide bonds. The van der Waals surface area contributed by atoms with Crippen LogP contribution in [0, 0.1) is 11.2 Å². The summed E-state index contributed by atoms with van der Waals surface area (Å²) in [6.45, 7) is 4.01. The maximum atomic E-state index is 14.6. The quantitative estimate of drug-likeness (QED) is 0.758. The number of benzene rings is 2. The van der Waals surface area contributed by atoms with Gasteiger partial charge in [-0.15, -0.1) is 0 Å². The van der Waals surface area contributed by atoms with Crippen LogP contribution in [-0.4, -0.2) is 25.9 Å². The van der Waals surface area contributed by atoms with E-state index in [9.17, 15) is 4.39 Å². The van der Waals surface area contributed by atoms with Crippen molar-refractivity contribution < 1.29 is 18.7 Å². The Labute approximate surface area is 167 Å². The van der Waals surface area contributed by atoms with Crippen LogP contribution < -0.4 is 5.48 Å². The van der Waals surface area contributed by atoms with Gasteiger partial charge in [0.15, 0.2) is 0 Å². The molecule has 2 saturated heterocycles. The third-order valence-corrected chi connectivity index (χ3v) is 6.18. The van der Waals surface area contributed by atoms with Gasteiger partial charge in [0.1, 0.15) is 11.4 Å². The van der Waals surface area contributed by atoms with E-state index in [1.165, 1.54) is 6.07 Å². The van der Waals surface area contributed by atoms with Gasteiger partial charge in [0, 0.05) is 15.5 Å². The molecule has 2 aromatic rings. The summed E-state index contributed by atoms with van der Waals surface area (Å²) in [5.41, 5.74) is 3.77. The summed E-state index contributed by atoms with van der Waals surface area (Å²) in [5.74, 6) is -0.259. The number of fused-ring (bicyclic) bond motifs is 1. The van der Waals surface area contributed by atoms with Gasteiger partial charge in [-0.3, -0.25) is 0 Å². The number of hydrogen-bond donors (Lipinski definition) is 1. The van der Waals surface area contributed by atoms with Crippen LogP contribution in [0.4, 0.5) is 4.39 Å². The molecule has 0 aromatic heterocycles. The Balaban J connectivity index is 1.47. The number of nitrogens with one attached hydrogen (secondary N) is 1. The normalized spacial score (nSPS) is 30.3. The Morgan fingerprint density at radius 1 is 1.22 bits per heavy atom. The molecular formula is C21H23BrFNO3. The third kappa shape index (κ3) is 3.57. The van der Waals surface area contributed by atoms with E-state index in [1.807, 2.05) is 36.4 Å². The van der Waals surface area contributed by atoms with Gasteiger partial charge in [0.25, 0.3) is 0 Å². The van der Waals surface area contributed by atoms with Crippen LogP contribution >= 0.6 is 15.9 Å². The summed E-state index contributed by atoms with van der Waals surface area (Å²) in [6.07, 6.45) is 0.673. The van der Waals surface area contributed by atoms with Gasteiger partial charge in [0.2, 0.25) is 0 Å². The third-order valence-electron chi connectivity index (χ3n) is 5.68. The lowest BCUT2D eigenvalue weighted by molar-refractivity contribution is -0.125. The summed E-state index contributed by atoms with van der Waals surface area (Å²) in [6, 6.07) is 15.1. The molecule has 1 N–H and O–H groups in total. The molecule has 27 heavy (non-hydrogen) atoms. The number of hydroxylamine groups is 1. The number of hydrogen-bond acceptors (Lipinski definition) is 4. The first-order chi connectivity index (χ1) is 13.0. The summed E-state index contributed by atoms with van der Waals surface area (Å²) in [5, 5.41) is 0. The average molecular weight is 436 g/mol. The lowest BCUT2D eigenvalue weighted by atomic mass is 9.64. The van der Waals surface area contributed by atoms with Gasteiger partial charge in [-0.2, -0.15) is 5.48 Å². The van der Waals surface area contributed by atoms with Crippen molar-refractivity contribution in [1.82, 2.24) is 5.48 Å². The summed E-state index contributed by atoms with van der Waals surface area (Å²) >= 11 is 3.45. The van der Waals surface area contributed by atoms with Crippen molar-refractivity contribution >= 4 is 15.9 Å². The lowest BCUT2D eigenvalue weighted by Crippen LogP contribution is -2.58. The number of ether oxygens (including phenoxy) is 2. The fraction of sp³-hybridized carbons (Fsp3) is 0.429. The Kier molecular flexibility index (Phi) is 5.36. The molecule has 0 radical (unpaired) electrons. The molecule has 2 fully saturated rings. The van der Waals surface area contributed by atoms with Gasteiger partial charge in [-0.25, -0.2) is 4.39 Å². The second-order valence-electron chi connectivity index (χ2n) is 7.62. The molecule has 0 spiro atoms. The van der Waals surface area contributed by atoms with E-state index in [4.69, 9.17) is 14.3 Å². The van der Waals surface area contributed by atoms with Crippen LogP contribution in [0.1, 0.15) is 24.5 Å². The zero-order valence-corrected chi connectivity index (χ0v) is 16.8. The van der Waals surface area contributed by atoms with E-state index in [2.05, 4.69) is 28.3 Å². The van der Waals surface area contributed by atoms with Crippen molar-refractivity contribution in [3.8, 4) is 0 Å². The highest BCUT2D eigenvalue weighted by Crippen LogP contribution is 2.51. The molecule has 2 aliphatic heterocycles. The molecule has 0 bridgehead atoms. The second-order valence-corrected chi connectivity index (χ2v) is 8.53. The molecule has 0 aliphatic carbocycles. The van der Waals surface area contributed by atoms with Crippen LogP contribution in [0.3, 0.4) is 0 Å². The van der Waals surface area contributed by atoms with Crippen molar-refractivity contribution in [2.45, 2.75) is 31.6 Å². The Morgan fingerprint density at radius 2 is 2.04 bits per heavy atom. The van der Waals surface area contributed by atoms with Crippen LogP contribution in [0.15, 0.2) is 53.0 Å². The molecule has 2 aromatic carbocycles. The molecule has 144 valence electrons. The Morgan fingerprint density at radius 3 is 2.85 bits per heavy atom. The minimum Gasteiger partial charge on any atom is -0.374 e. The fourth-order valence-corrected chi connectivity index (χ4v) is 4.44.